The fourth-order valence-electron chi connectivity index (χ4n) is 2.72. The molecule has 0 bridgehead atoms. The topological polar surface area (TPSA) is 64.1 Å². The van der Waals surface area contributed by atoms with E-state index in [4.69, 9.17) is 10.8 Å². The van der Waals surface area contributed by atoms with Gasteiger partial charge in [-0.05, 0) is 12.3 Å². The van der Waals surface area contributed by atoms with E-state index in [1.165, 1.54) is 38.5 Å². The quantitative estimate of drug-likeness (QED) is 0.787. The summed E-state index contributed by atoms with van der Waals surface area (Å²) in [4.78, 5) is 0. The van der Waals surface area contributed by atoms with Crippen LogP contribution in [0, 0.1) is 5.92 Å². The van der Waals surface area contributed by atoms with E-state index in [1.54, 1.807) is 4.68 Å². The Bertz CT molecular complexity index is 340. The van der Waals surface area contributed by atoms with Gasteiger partial charge in [0.2, 0.25) is 0 Å². The molecule has 0 aliphatic heterocycles. The zero-order valence-electron chi connectivity index (χ0n) is 10.4. The van der Waals surface area contributed by atoms with Crippen molar-refractivity contribution in [3.8, 4) is 0 Å². The van der Waals surface area contributed by atoms with Crippen molar-refractivity contribution < 1.29 is 5.11 Å². The predicted molar refractivity (Wildman–Crippen MR) is 68.6 cm³/mol. The molecule has 0 amide bonds. The first-order valence-electron chi connectivity index (χ1n) is 6.72. The van der Waals surface area contributed by atoms with Gasteiger partial charge in [0.1, 0.15) is 5.82 Å². The Morgan fingerprint density at radius 3 is 2.65 bits per heavy atom. The summed E-state index contributed by atoms with van der Waals surface area (Å²) in [6, 6.07) is 1.96. The first-order chi connectivity index (χ1) is 8.29. The molecule has 0 aromatic carbocycles. The third-order valence-corrected chi connectivity index (χ3v) is 3.65. The molecule has 1 aliphatic rings. The molecule has 17 heavy (non-hydrogen) atoms. The number of aromatic nitrogens is 2. The summed E-state index contributed by atoms with van der Waals surface area (Å²) >= 11 is 0. The van der Waals surface area contributed by atoms with Gasteiger partial charge in [-0.15, -0.1) is 0 Å². The number of rotatable bonds is 4. The van der Waals surface area contributed by atoms with Gasteiger partial charge in [-0.2, -0.15) is 5.10 Å². The minimum atomic E-state index is 0.0920. The van der Waals surface area contributed by atoms with Crippen LogP contribution in [-0.2, 0) is 13.0 Å². The maximum atomic E-state index is 8.90. The Balaban J connectivity index is 1.95. The van der Waals surface area contributed by atoms with Gasteiger partial charge >= 0.3 is 0 Å². The summed E-state index contributed by atoms with van der Waals surface area (Å²) < 4.78 is 1.70. The molecule has 1 saturated carbocycles. The van der Waals surface area contributed by atoms with Gasteiger partial charge in [-0.25, -0.2) is 4.68 Å². The minimum absolute atomic E-state index is 0.0920. The molecule has 1 heterocycles. The first kappa shape index (κ1) is 12.4. The molecule has 0 saturated heterocycles. The maximum absolute atomic E-state index is 8.90. The molecule has 4 heteroatoms. The molecular formula is C13H23N3O. The largest absolute Gasteiger partial charge is 0.394 e. The van der Waals surface area contributed by atoms with Gasteiger partial charge in [0.25, 0.3) is 0 Å². The lowest BCUT2D eigenvalue weighted by Crippen LogP contribution is -2.08. The summed E-state index contributed by atoms with van der Waals surface area (Å²) in [6.07, 6.45) is 9.19. The Morgan fingerprint density at radius 2 is 2.00 bits per heavy atom. The number of nitrogen functional groups attached to an aromatic ring is 1. The molecule has 0 spiro atoms. The van der Waals surface area contributed by atoms with E-state index in [-0.39, 0.29) is 6.61 Å². The Hall–Kier alpha value is -1.03. The Morgan fingerprint density at radius 1 is 1.29 bits per heavy atom. The summed E-state index contributed by atoms with van der Waals surface area (Å²) in [5.74, 6) is 1.44. The number of hydrogen-bond donors (Lipinski definition) is 2. The van der Waals surface area contributed by atoms with Gasteiger partial charge in [-0.1, -0.05) is 38.5 Å². The molecular weight excluding hydrogens is 214 g/mol. The highest BCUT2D eigenvalue weighted by molar-refractivity contribution is 5.31. The van der Waals surface area contributed by atoms with Crippen LogP contribution in [-0.4, -0.2) is 21.5 Å². The van der Waals surface area contributed by atoms with Crippen molar-refractivity contribution in [2.75, 3.05) is 12.3 Å². The molecule has 4 nitrogen and oxygen atoms in total. The second-order valence-electron chi connectivity index (χ2n) is 5.07. The zero-order chi connectivity index (χ0) is 12.1. The van der Waals surface area contributed by atoms with Gasteiger partial charge in [-0.3, -0.25) is 0 Å². The van der Waals surface area contributed by atoms with E-state index in [0.717, 1.165) is 18.0 Å². The summed E-state index contributed by atoms with van der Waals surface area (Å²) in [5.41, 5.74) is 6.94. The highest BCUT2D eigenvalue weighted by Gasteiger charge is 2.15. The number of nitrogens with zero attached hydrogens (tertiary/aromatic N) is 2. The first-order valence-corrected chi connectivity index (χ1v) is 6.72. The summed E-state index contributed by atoms with van der Waals surface area (Å²) in [5, 5.41) is 13.4. The van der Waals surface area contributed by atoms with E-state index in [2.05, 4.69) is 5.10 Å². The predicted octanol–water partition coefficient (Wildman–Crippen LogP) is 1.97. The van der Waals surface area contributed by atoms with E-state index >= 15 is 0 Å². The van der Waals surface area contributed by atoms with Crippen LogP contribution in [0.4, 0.5) is 5.82 Å². The monoisotopic (exact) mass is 237 g/mol. The molecule has 3 N–H and O–H groups in total. The molecule has 0 unspecified atom stereocenters. The lowest BCUT2D eigenvalue weighted by molar-refractivity contribution is 0.270. The smallest absolute Gasteiger partial charge is 0.122 e. The van der Waals surface area contributed by atoms with Crippen LogP contribution in [0.5, 0.6) is 0 Å². The molecule has 1 aromatic rings. The Kier molecular flexibility index (Phi) is 4.42. The SMILES string of the molecule is Nc1cc(CC2CCCCCC2)nn1CCO. The van der Waals surface area contributed by atoms with Crippen molar-refractivity contribution in [3.63, 3.8) is 0 Å². The second-order valence-corrected chi connectivity index (χ2v) is 5.07. The number of nitrogens with two attached hydrogens (primary N) is 1. The van der Waals surface area contributed by atoms with Gasteiger partial charge in [0, 0.05) is 6.07 Å². The van der Waals surface area contributed by atoms with Gasteiger partial charge in [0.15, 0.2) is 0 Å². The molecule has 1 aliphatic carbocycles. The van der Waals surface area contributed by atoms with Crippen LogP contribution in [0.15, 0.2) is 6.07 Å². The van der Waals surface area contributed by atoms with E-state index < -0.39 is 0 Å². The van der Waals surface area contributed by atoms with Crippen molar-refractivity contribution in [2.24, 2.45) is 5.92 Å². The van der Waals surface area contributed by atoms with E-state index in [0.29, 0.717) is 12.4 Å². The van der Waals surface area contributed by atoms with Crippen molar-refractivity contribution in [3.05, 3.63) is 11.8 Å². The average molecular weight is 237 g/mol. The van der Waals surface area contributed by atoms with Gasteiger partial charge in [0.05, 0.1) is 18.8 Å². The molecule has 0 atom stereocenters. The second kappa shape index (κ2) is 6.05. The molecule has 96 valence electrons. The number of aliphatic hydroxyl groups excluding tert-OH is 1. The third kappa shape index (κ3) is 3.46. The van der Waals surface area contributed by atoms with E-state index in [1.807, 2.05) is 6.07 Å². The lowest BCUT2D eigenvalue weighted by atomic mass is 9.95. The van der Waals surface area contributed by atoms with Crippen LogP contribution in [0.2, 0.25) is 0 Å². The van der Waals surface area contributed by atoms with Crippen molar-refractivity contribution in [2.45, 2.75) is 51.5 Å². The number of hydrogen-bond acceptors (Lipinski definition) is 3. The van der Waals surface area contributed by atoms with E-state index in [9.17, 15) is 0 Å². The van der Waals surface area contributed by atoms with Crippen molar-refractivity contribution >= 4 is 5.82 Å². The fourth-order valence-corrected chi connectivity index (χ4v) is 2.72. The summed E-state index contributed by atoms with van der Waals surface area (Å²) in [7, 11) is 0. The fraction of sp³-hybridized carbons (Fsp3) is 0.769. The van der Waals surface area contributed by atoms with Crippen molar-refractivity contribution in [1.29, 1.82) is 0 Å². The summed E-state index contributed by atoms with van der Waals surface area (Å²) in [6.45, 7) is 0.589. The molecule has 1 aromatic heterocycles. The van der Waals surface area contributed by atoms with Crippen LogP contribution in [0.3, 0.4) is 0 Å². The normalized spacial score (nSPS) is 18.2. The zero-order valence-corrected chi connectivity index (χ0v) is 10.4. The van der Waals surface area contributed by atoms with Crippen molar-refractivity contribution in [1.82, 2.24) is 9.78 Å². The van der Waals surface area contributed by atoms with Crippen LogP contribution >= 0.6 is 0 Å². The molecule has 2 rings (SSSR count). The molecule has 0 radical (unpaired) electrons. The van der Waals surface area contributed by atoms with Crippen LogP contribution in [0.1, 0.15) is 44.2 Å². The maximum Gasteiger partial charge on any atom is 0.122 e. The standard InChI is InChI=1S/C13H23N3O/c14-13-10-12(15-16(13)7-8-17)9-11-5-3-1-2-4-6-11/h10-11,17H,1-9,14H2. The molecule has 1 fully saturated rings. The van der Waals surface area contributed by atoms with Gasteiger partial charge < -0.3 is 10.8 Å². The minimum Gasteiger partial charge on any atom is -0.394 e. The van der Waals surface area contributed by atoms with Crippen LogP contribution in [0.25, 0.3) is 0 Å². The highest BCUT2D eigenvalue weighted by Crippen LogP contribution is 2.26. The third-order valence-electron chi connectivity index (χ3n) is 3.65. The van der Waals surface area contributed by atoms with Crippen LogP contribution < -0.4 is 5.73 Å². The number of aliphatic hydroxyl groups is 1. The number of anilines is 1. The lowest BCUT2D eigenvalue weighted by Gasteiger charge is -2.11. The average Bonchev–Trinajstić information content (AvgIpc) is 2.54. The Labute approximate surface area is 103 Å². The highest BCUT2D eigenvalue weighted by atomic mass is 16.3.